The minimum absolute atomic E-state index is 0.467. The average molecular weight is 181 g/mol. The molecular weight excluding hydrogens is 162 g/mol. The summed E-state index contributed by atoms with van der Waals surface area (Å²) in [5.74, 6) is 0. The number of hydrogen-bond donors (Lipinski definition) is 1. The maximum Gasteiger partial charge on any atom is 0.0638 e. The molecule has 3 heteroatoms. The molecule has 0 bridgehead atoms. The first kappa shape index (κ1) is 10.5. The van der Waals surface area contributed by atoms with Crippen molar-refractivity contribution in [1.29, 1.82) is 5.26 Å². The third-order valence-electron chi connectivity index (χ3n) is 2.71. The fourth-order valence-electron chi connectivity index (χ4n) is 1.93. The van der Waals surface area contributed by atoms with E-state index < -0.39 is 0 Å². The van der Waals surface area contributed by atoms with Crippen molar-refractivity contribution >= 4 is 0 Å². The Morgan fingerprint density at radius 2 is 2.46 bits per heavy atom. The number of nitriles is 1. The van der Waals surface area contributed by atoms with E-state index in [1.165, 1.54) is 0 Å². The molecule has 1 N–H and O–H groups in total. The van der Waals surface area contributed by atoms with Gasteiger partial charge in [-0.1, -0.05) is 6.92 Å². The van der Waals surface area contributed by atoms with E-state index in [9.17, 15) is 0 Å². The van der Waals surface area contributed by atoms with Gasteiger partial charge in [-0.15, -0.1) is 0 Å². The van der Waals surface area contributed by atoms with Crippen molar-refractivity contribution < 1.29 is 0 Å². The third kappa shape index (κ3) is 2.98. The van der Waals surface area contributed by atoms with Crippen molar-refractivity contribution in [3.63, 3.8) is 0 Å². The van der Waals surface area contributed by atoms with Crippen LogP contribution < -0.4 is 5.32 Å². The Hall–Kier alpha value is -0.590. The van der Waals surface area contributed by atoms with Crippen molar-refractivity contribution in [2.45, 2.75) is 38.8 Å². The lowest BCUT2D eigenvalue weighted by Crippen LogP contribution is -2.52. The summed E-state index contributed by atoms with van der Waals surface area (Å²) in [4.78, 5) is 2.43. The van der Waals surface area contributed by atoms with Crippen LogP contribution in [-0.2, 0) is 0 Å². The average Bonchev–Trinajstić information content (AvgIpc) is 2.14. The number of hydrogen-bond acceptors (Lipinski definition) is 3. The van der Waals surface area contributed by atoms with Crippen molar-refractivity contribution in [3.05, 3.63) is 0 Å². The maximum atomic E-state index is 8.67. The molecule has 1 rings (SSSR count). The van der Waals surface area contributed by atoms with E-state index in [2.05, 4.69) is 30.1 Å². The number of piperazine rings is 1. The van der Waals surface area contributed by atoms with Crippen molar-refractivity contribution in [3.8, 4) is 6.07 Å². The summed E-state index contributed by atoms with van der Waals surface area (Å²) >= 11 is 0. The van der Waals surface area contributed by atoms with Gasteiger partial charge in [0.2, 0.25) is 0 Å². The van der Waals surface area contributed by atoms with Gasteiger partial charge >= 0.3 is 0 Å². The van der Waals surface area contributed by atoms with E-state index in [-0.39, 0.29) is 0 Å². The summed E-state index contributed by atoms with van der Waals surface area (Å²) in [5.41, 5.74) is 0. The molecule has 0 aromatic heterocycles. The summed E-state index contributed by atoms with van der Waals surface area (Å²) in [6, 6.07) is 3.31. The fourth-order valence-corrected chi connectivity index (χ4v) is 1.93. The molecule has 0 saturated carbocycles. The Kier molecular flexibility index (Phi) is 4.20. The summed E-state index contributed by atoms with van der Waals surface area (Å²) in [6.07, 6.45) is 1.75. The van der Waals surface area contributed by atoms with Gasteiger partial charge in [-0.05, 0) is 13.3 Å². The van der Waals surface area contributed by atoms with E-state index in [4.69, 9.17) is 5.26 Å². The summed E-state index contributed by atoms with van der Waals surface area (Å²) in [5, 5.41) is 12.1. The molecule has 1 heterocycles. The van der Waals surface area contributed by atoms with Gasteiger partial charge in [-0.2, -0.15) is 5.26 Å². The molecule has 2 atom stereocenters. The highest BCUT2D eigenvalue weighted by Crippen LogP contribution is 2.10. The maximum absolute atomic E-state index is 8.67. The highest BCUT2D eigenvalue weighted by Gasteiger charge is 2.21. The van der Waals surface area contributed by atoms with E-state index in [0.29, 0.717) is 18.5 Å². The van der Waals surface area contributed by atoms with Crippen molar-refractivity contribution in [1.82, 2.24) is 10.2 Å². The van der Waals surface area contributed by atoms with Gasteiger partial charge in [0.15, 0.2) is 0 Å². The van der Waals surface area contributed by atoms with Gasteiger partial charge in [-0.3, -0.25) is 4.90 Å². The summed E-state index contributed by atoms with van der Waals surface area (Å²) < 4.78 is 0. The Morgan fingerprint density at radius 3 is 3.00 bits per heavy atom. The van der Waals surface area contributed by atoms with Gasteiger partial charge in [-0.25, -0.2) is 0 Å². The first-order valence-corrected chi connectivity index (χ1v) is 5.12. The van der Waals surface area contributed by atoms with Crippen LogP contribution in [0.3, 0.4) is 0 Å². The summed E-state index contributed by atoms with van der Waals surface area (Å²) in [6.45, 7) is 7.59. The Labute approximate surface area is 80.7 Å². The Balaban J connectivity index is 2.43. The van der Waals surface area contributed by atoms with E-state index in [0.717, 1.165) is 26.1 Å². The molecule has 1 fully saturated rings. The van der Waals surface area contributed by atoms with Gasteiger partial charge in [0, 0.05) is 31.7 Å². The lowest BCUT2D eigenvalue weighted by molar-refractivity contribution is 0.146. The molecule has 3 nitrogen and oxygen atoms in total. The second-order valence-corrected chi connectivity index (χ2v) is 3.77. The quantitative estimate of drug-likeness (QED) is 0.705. The normalized spacial score (nSPS) is 26.7. The van der Waals surface area contributed by atoms with Crippen LogP contribution in [0.1, 0.15) is 26.7 Å². The smallest absolute Gasteiger partial charge is 0.0638 e. The van der Waals surface area contributed by atoms with Crippen molar-refractivity contribution in [2.24, 2.45) is 0 Å². The second kappa shape index (κ2) is 5.21. The van der Waals surface area contributed by atoms with Crippen LogP contribution in [0, 0.1) is 11.3 Å². The zero-order valence-electron chi connectivity index (χ0n) is 8.58. The molecule has 0 radical (unpaired) electrons. The highest BCUT2D eigenvalue weighted by atomic mass is 15.2. The predicted octanol–water partition coefficient (Wildman–Crippen LogP) is 0.972. The molecule has 1 aliphatic heterocycles. The molecule has 0 amide bonds. The monoisotopic (exact) mass is 181 g/mol. The Bertz CT molecular complexity index is 185. The van der Waals surface area contributed by atoms with Gasteiger partial charge in [0.05, 0.1) is 12.5 Å². The van der Waals surface area contributed by atoms with Crippen LogP contribution in [-0.4, -0.2) is 36.6 Å². The molecule has 0 aliphatic carbocycles. The zero-order chi connectivity index (χ0) is 9.68. The Morgan fingerprint density at radius 1 is 1.69 bits per heavy atom. The second-order valence-electron chi connectivity index (χ2n) is 3.77. The van der Waals surface area contributed by atoms with E-state index in [1.54, 1.807) is 0 Å². The lowest BCUT2D eigenvalue weighted by atomic mass is 10.1. The molecule has 0 aromatic carbocycles. The van der Waals surface area contributed by atoms with Gasteiger partial charge in [0.1, 0.15) is 0 Å². The standard InChI is InChI=1S/C10H19N3/c1-3-10(4-5-11)13-7-6-12-9(2)8-13/h9-10,12H,3-4,6-8H2,1-2H3. The highest BCUT2D eigenvalue weighted by molar-refractivity contribution is 4.86. The zero-order valence-corrected chi connectivity index (χ0v) is 8.58. The minimum atomic E-state index is 0.467. The largest absolute Gasteiger partial charge is 0.312 e. The van der Waals surface area contributed by atoms with Crippen LogP contribution in [0.15, 0.2) is 0 Å². The fraction of sp³-hybridized carbons (Fsp3) is 0.900. The molecule has 2 unspecified atom stereocenters. The summed E-state index contributed by atoms with van der Waals surface area (Å²) in [7, 11) is 0. The third-order valence-corrected chi connectivity index (χ3v) is 2.71. The van der Waals surface area contributed by atoms with Gasteiger partial charge < -0.3 is 5.32 Å². The van der Waals surface area contributed by atoms with Crippen LogP contribution in [0.2, 0.25) is 0 Å². The number of nitrogens with zero attached hydrogens (tertiary/aromatic N) is 2. The minimum Gasteiger partial charge on any atom is -0.312 e. The molecule has 1 saturated heterocycles. The topological polar surface area (TPSA) is 39.1 Å². The van der Waals surface area contributed by atoms with Crippen molar-refractivity contribution in [2.75, 3.05) is 19.6 Å². The number of rotatable bonds is 3. The SMILES string of the molecule is CCC(CC#N)N1CCNC(C)C1. The first-order valence-electron chi connectivity index (χ1n) is 5.12. The van der Waals surface area contributed by atoms with Gasteiger partial charge in [0.25, 0.3) is 0 Å². The van der Waals surface area contributed by atoms with Crippen LogP contribution in [0.25, 0.3) is 0 Å². The predicted molar refractivity (Wildman–Crippen MR) is 53.3 cm³/mol. The van der Waals surface area contributed by atoms with E-state index >= 15 is 0 Å². The molecule has 74 valence electrons. The molecule has 13 heavy (non-hydrogen) atoms. The molecule has 1 aliphatic rings. The van der Waals surface area contributed by atoms with Crippen LogP contribution in [0.4, 0.5) is 0 Å². The lowest BCUT2D eigenvalue weighted by Gasteiger charge is -2.36. The molecule has 0 aromatic rings. The first-order chi connectivity index (χ1) is 6.27. The van der Waals surface area contributed by atoms with Crippen LogP contribution in [0.5, 0.6) is 0 Å². The molecular formula is C10H19N3. The molecule has 0 spiro atoms. The van der Waals surface area contributed by atoms with Crippen LogP contribution >= 0.6 is 0 Å². The number of nitrogens with one attached hydrogen (secondary N) is 1. The van der Waals surface area contributed by atoms with E-state index in [1.807, 2.05) is 0 Å².